The molecule has 1 heterocycles. The van der Waals surface area contributed by atoms with Gasteiger partial charge in [0.1, 0.15) is 11.4 Å². The van der Waals surface area contributed by atoms with Gasteiger partial charge < -0.3 is 9.64 Å². The minimum atomic E-state index is -5.94. The number of carbonyl (C=O) groups is 1. The number of rotatable bonds is 9. The second-order valence-electron chi connectivity index (χ2n) is 7.77. The first-order valence-corrected chi connectivity index (χ1v) is 13.2. The lowest BCUT2D eigenvalue weighted by Crippen LogP contribution is -2.40. The maximum absolute atomic E-state index is 12.7. The lowest BCUT2D eigenvalue weighted by atomic mass is 10.1. The highest BCUT2D eigenvalue weighted by Crippen LogP contribution is 2.30. The van der Waals surface area contributed by atoms with Gasteiger partial charge in [0.2, 0.25) is 0 Å². The normalized spacial score (nSPS) is 12.3. The molecule has 0 aliphatic carbocycles. The average Bonchev–Trinajstić information content (AvgIpc) is 3.18. The third-order valence-corrected chi connectivity index (χ3v) is 7.26. The monoisotopic (exact) mass is 601 g/mol. The summed E-state index contributed by atoms with van der Waals surface area (Å²) in [7, 11) is -5.94. The Labute approximate surface area is 222 Å². The third kappa shape index (κ3) is 7.98. The predicted octanol–water partition coefficient (Wildman–Crippen LogP) is 5.83. The van der Waals surface area contributed by atoms with Crippen LogP contribution in [0, 0.1) is 6.92 Å². The van der Waals surface area contributed by atoms with E-state index in [0.717, 1.165) is 33.8 Å². The number of sulfonamides is 1. The molecule has 1 aromatic heterocycles. The Balaban J connectivity index is 1.86. The molecule has 206 valence electrons. The summed E-state index contributed by atoms with van der Waals surface area (Å²) < 4.78 is 103. The van der Waals surface area contributed by atoms with Crippen LogP contribution in [0.25, 0.3) is 0 Å². The summed E-state index contributed by atoms with van der Waals surface area (Å²) in [6.45, 7) is 1.75. The molecular formula is C22H18ClF6N3O4S2. The number of nitrogens with zero attached hydrogens (tertiary/aromatic N) is 2. The molecule has 2 aromatic carbocycles. The van der Waals surface area contributed by atoms with Gasteiger partial charge in [0.15, 0.2) is 5.13 Å². The number of halogens is 7. The van der Waals surface area contributed by atoms with Crippen molar-refractivity contribution in [1.82, 2.24) is 9.71 Å². The molecule has 0 radical (unpaired) electrons. The van der Waals surface area contributed by atoms with Gasteiger partial charge in [0.05, 0.1) is 0 Å². The Bertz CT molecular complexity index is 1380. The molecule has 16 heteroatoms. The highest BCUT2D eigenvalue weighted by molar-refractivity contribution is 7.90. The Morgan fingerprint density at radius 3 is 2.16 bits per heavy atom. The molecule has 0 saturated carbocycles. The zero-order valence-corrected chi connectivity index (χ0v) is 21.6. The number of ether oxygens (including phenoxy) is 1. The molecule has 0 aliphatic rings. The van der Waals surface area contributed by atoms with Crippen LogP contribution in [-0.2, 0) is 23.0 Å². The summed E-state index contributed by atoms with van der Waals surface area (Å²) in [5, 5.41) is 0.702. The molecular weight excluding hydrogens is 584 g/mol. The van der Waals surface area contributed by atoms with Gasteiger partial charge in [-0.1, -0.05) is 35.9 Å². The Morgan fingerprint density at radius 2 is 1.61 bits per heavy atom. The van der Waals surface area contributed by atoms with E-state index in [1.54, 1.807) is 29.2 Å². The number of aryl methyl sites for hydroxylation is 1. The van der Waals surface area contributed by atoms with Crippen LogP contribution in [-0.4, -0.2) is 37.7 Å². The summed E-state index contributed by atoms with van der Waals surface area (Å²) in [4.78, 5) is 18.2. The van der Waals surface area contributed by atoms with Crippen LogP contribution in [0.5, 0.6) is 5.75 Å². The standard InChI is InChI=1S/C22H18ClF6N3O4S2/c1-13-18(19(33)31-38(34,35)22(27,28)29)30-20(37-13)32(11-10-14-2-6-16(23)7-3-14)12-15-4-8-17(9-5-15)36-21(24,25)26/h2-9H,10-12H2,1H3,(H,31,33). The van der Waals surface area contributed by atoms with Crippen molar-refractivity contribution >= 4 is 44.0 Å². The molecule has 0 bridgehead atoms. The molecule has 0 saturated heterocycles. The predicted molar refractivity (Wildman–Crippen MR) is 129 cm³/mol. The van der Waals surface area contributed by atoms with Crippen LogP contribution in [0.15, 0.2) is 48.5 Å². The highest BCUT2D eigenvalue weighted by Gasteiger charge is 2.47. The summed E-state index contributed by atoms with van der Waals surface area (Å²) in [5.41, 5.74) is -4.80. The summed E-state index contributed by atoms with van der Waals surface area (Å²) in [6.07, 6.45) is -4.42. The summed E-state index contributed by atoms with van der Waals surface area (Å²) in [5.74, 6) is -1.97. The molecule has 38 heavy (non-hydrogen) atoms. The highest BCUT2D eigenvalue weighted by atomic mass is 35.5. The first kappa shape index (κ1) is 29.5. The van der Waals surface area contributed by atoms with E-state index in [1.807, 2.05) is 0 Å². The number of benzene rings is 2. The summed E-state index contributed by atoms with van der Waals surface area (Å²) >= 11 is 6.84. The van der Waals surface area contributed by atoms with Gasteiger partial charge in [-0.3, -0.25) is 4.79 Å². The van der Waals surface area contributed by atoms with Crippen molar-refractivity contribution in [2.75, 3.05) is 11.4 Å². The van der Waals surface area contributed by atoms with Crippen LogP contribution >= 0.6 is 22.9 Å². The number of nitrogens with one attached hydrogen (secondary N) is 1. The Morgan fingerprint density at radius 1 is 1.03 bits per heavy atom. The quantitative estimate of drug-likeness (QED) is 0.311. The van der Waals surface area contributed by atoms with E-state index >= 15 is 0 Å². The summed E-state index contributed by atoms with van der Waals surface area (Å²) in [6, 6.07) is 11.9. The number of hydrogen-bond donors (Lipinski definition) is 1. The van der Waals surface area contributed by atoms with Gasteiger partial charge >= 0.3 is 21.9 Å². The molecule has 7 nitrogen and oxygen atoms in total. The van der Waals surface area contributed by atoms with Crippen molar-refractivity contribution in [3.63, 3.8) is 0 Å². The van der Waals surface area contributed by atoms with Gasteiger partial charge in [-0.25, -0.2) is 9.71 Å². The van der Waals surface area contributed by atoms with Gasteiger partial charge in [-0.05, 0) is 48.7 Å². The molecule has 1 N–H and O–H groups in total. The number of carbonyl (C=O) groups excluding carboxylic acids is 1. The first-order valence-electron chi connectivity index (χ1n) is 10.5. The van der Waals surface area contributed by atoms with Crippen LogP contribution in [0.4, 0.5) is 31.5 Å². The fraction of sp³-hybridized carbons (Fsp3) is 0.273. The van der Waals surface area contributed by atoms with Gasteiger partial charge in [-0.2, -0.15) is 21.6 Å². The fourth-order valence-corrected chi connectivity index (χ4v) is 4.64. The molecule has 0 atom stereocenters. The topological polar surface area (TPSA) is 88.6 Å². The molecule has 3 rings (SSSR count). The average molecular weight is 602 g/mol. The zero-order valence-electron chi connectivity index (χ0n) is 19.2. The van der Waals surface area contributed by atoms with Gasteiger partial charge in [0.25, 0.3) is 5.91 Å². The molecule has 0 aliphatic heterocycles. The van der Waals surface area contributed by atoms with Crippen molar-refractivity contribution in [3.8, 4) is 5.75 Å². The maximum atomic E-state index is 12.7. The number of anilines is 1. The molecule has 0 fully saturated rings. The number of hydrogen-bond acceptors (Lipinski definition) is 7. The van der Waals surface area contributed by atoms with Gasteiger partial charge in [-0.15, -0.1) is 24.5 Å². The van der Waals surface area contributed by atoms with E-state index in [9.17, 15) is 39.6 Å². The molecule has 0 spiro atoms. The molecule has 1 amide bonds. The van der Waals surface area contributed by atoms with Gasteiger partial charge in [0, 0.05) is 23.0 Å². The van der Waals surface area contributed by atoms with E-state index in [1.165, 1.54) is 19.1 Å². The number of aromatic nitrogens is 1. The lowest BCUT2D eigenvalue weighted by molar-refractivity contribution is -0.274. The van der Waals surface area contributed by atoms with Crippen molar-refractivity contribution in [2.45, 2.75) is 31.8 Å². The van der Waals surface area contributed by atoms with E-state index in [2.05, 4.69) is 9.72 Å². The van der Waals surface area contributed by atoms with Crippen LogP contribution in [0.2, 0.25) is 5.02 Å². The number of alkyl halides is 6. The minimum absolute atomic E-state index is 0.0920. The SMILES string of the molecule is Cc1sc(N(CCc2ccc(Cl)cc2)Cc2ccc(OC(F)(F)F)cc2)nc1C(=O)NS(=O)(=O)C(F)(F)F. The third-order valence-electron chi connectivity index (χ3n) is 4.92. The Kier molecular flexibility index (Phi) is 8.83. The van der Waals surface area contributed by atoms with Crippen molar-refractivity contribution in [2.24, 2.45) is 0 Å². The van der Waals surface area contributed by atoms with E-state index in [4.69, 9.17) is 11.6 Å². The minimum Gasteiger partial charge on any atom is -0.406 e. The number of amides is 1. The van der Waals surface area contributed by atoms with Crippen LogP contribution < -0.4 is 14.4 Å². The fourth-order valence-electron chi connectivity index (χ4n) is 3.13. The first-order chi connectivity index (χ1) is 17.5. The van der Waals surface area contributed by atoms with Crippen molar-refractivity contribution in [3.05, 3.63) is 75.3 Å². The van der Waals surface area contributed by atoms with E-state index < -0.39 is 39.2 Å². The molecule has 0 unspecified atom stereocenters. The zero-order chi connectivity index (χ0) is 28.3. The van der Waals surface area contributed by atoms with E-state index in [0.29, 0.717) is 17.0 Å². The van der Waals surface area contributed by atoms with Crippen LogP contribution in [0.3, 0.4) is 0 Å². The Hall–Kier alpha value is -3.04. The second kappa shape index (κ2) is 11.4. The molecule has 3 aromatic rings. The van der Waals surface area contributed by atoms with Crippen molar-refractivity contribution < 1.29 is 44.3 Å². The lowest BCUT2D eigenvalue weighted by Gasteiger charge is -2.22. The maximum Gasteiger partial charge on any atom is 0.573 e. The number of thiazole rings is 1. The van der Waals surface area contributed by atoms with Crippen LogP contribution in [0.1, 0.15) is 26.5 Å². The smallest absolute Gasteiger partial charge is 0.406 e. The second-order valence-corrected chi connectivity index (χ2v) is 11.1. The van der Waals surface area contributed by atoms with E-state index in [-0.39, 0.29) is 23.1 Å². The van der Waals surface area contributed by atoms with Crippen molar-refractivity contribution in [1.29, 1.82) is 0 Å². The largest absolute Gasteiger partial charge is 0.573 e.